The summed E-state index contributed by atoms with van der Waals surface area (Å²) < 4.78 is 5.62. The summed E-state index contributed by atoms with van der Waals surface area (Å²) in [6.45, 7) is 3.28. The van der Waals surface area contributed by atoms with Crippen molar-refractivity contribution in [2.24, 2.45) is 0 Å². The lowest BCUT2D eigenvalue weighted by Gasteiger charge is -2.16. The normalized spacial score (nSPS) is 13.5. The summed E-state index contributed by atoms with van der Waals surface area (Å²) in [4.78, 5) is 10.6. The molecule has 1 fully saturated rings. The second kappa shape index (κ2) is 9.37. The molecule has 3 aromatic rings. The monoisotopic (exact) mass is 411 g/mol. The molecule has 0 spiro atoms. The predicted molar refractivity (Wildman–Crippen MR) is 112 cm³/mol. The van der Waals surface area contributed by atoms with Crippen molar-refractivity contribution in [3.63, 3.8) is 0 Å². The Balaban J connectivity index is 0.00000240. The first-order valence-corrected chi connectivity index (χ1v) is 9.19. The van der Waals surface area contributed by atoms with E-state index in [1.807, 2.05) is 12.1 Å². The summed E-state index contributed by atoms with van der Waals surface area (Å²) >= 11 is 0. The van der Waals surface area contributed by atoms with Crippen LogP contribution in [0.4, 0.5) is 11.6 Å². The minimum Gasteiger partial charge on any atom is -0.496 e. The minimum atomic E-state index is 0. The van der Waals surface area contributed by atoms with Gasteiger partial charge in [-0.1, -0.05) is 6.07 Å². The molecule has 2 aromatic heterocycles. The van der Waals surface area contributed by atoms with Gasteiger partial charge in [0.15, 0.2) is 11.5 Å². The van der Waals surface area contributed by atoms with Crippen molar-refractivity contribution >= 4 is 24.0 Å². The van der Waals surface area contributed by atoms with E-state index in [-0.39, 0.29) is 18.1 Å². The third kappa shape index (κ3) is 4.83. The second-order valence-electron chi connectivity index (χ2n) is 6.71. The molecule has 0 unspecified atom stereocenters. The largest absolute Gasteiger partial charge is 0.496 e. The Bertz CT molecular complexity index is 991. The van der Waals surface area contributed by atoms with Gasteiger partial charge in [-0.15, -0.1) is 12.4 Å². The maximum absolute atomic E-state index is 8.79. The van der Waals surface area contributed by atoms with E-state index in [1.54, 1.807) is 7.11 Å². The standard InChI is InChI=1S/C20H21N7O.ClH/c1-28-18-8-14(13-27-6-2-3-7-27)4-5-16(18)17-9-19(26-25-17)24-20-12-22-15(10-21)11-23-20;/h4-5,8-9,11-12H,2-3,6-7,13H2,1H3,(H2,23,24,25,26);1H. The molecule has 1 aliphatic rings. The van der Waals surface area contributed by atoms with Crippen molar-refractivity contribution in [3.05, 3.63) is 47.9 Å². The van der Waals surface area contributed by atoms with E-state index in [4.69, 9.17) is 10.00 Å². The van der Waals surface area contributed by atoms with Crippen LogP contribution in [0.15, 0.2) is 36.7 Å². The molecule has 0 aliphatic carbocycles. The van der Waals surface area contributed by atoms with E-state index in [0.29, 0.717) is 11.6 Å². The van der Waals surface area contributed by atoms with Gasteiger partial charge in [0.1, 0.15) is 17.6 Å². The van der Waals surface area contributed by atoms with E-state index >= 15 is 0 Å². The molecule has 4 rings (SSSR count). The third-order valence-corrected chi connectivity index (χ3v) is 4.76. The Labute approximate surface area is 175 Å². The molecule has 1 aromatic carbocycles. The zero-order chi connectivity index (χ0) is 19.3. The zero-order valence-electron chi connectivity index (χ0n) is 16.1. The van der Waals surface area contributed by atoms with Gasteiger partial charge in [0.2, 0.25) is 0 Å². The maximum Gasteiger partial charge on any atom is 0.158 e. The Morgan fingerprint density at radius 2 is 2.00 bits per heavy atom. The van der Waals surface area contributed by atoms with Crippen LogP contribution in [0, 0.1) is 11.3 Å². The number of anilines is 2. The molecular weight excluding hydrogens is 390 g/mol. The zero-order valence-corrected chi connectivity index (χ0v) is 16.9. The average molecular weight is 412 g/mol. The number of aromatic amines is 1. The molecule has 0 saturated carbocycles. The lowest BCUT2D eigenvalue weighted by molar-refractivity contribution is 0.330. The second-order valence-corrected chi connectivity index (χ2v) is 6.71. The Morgan fingerprint density at radius 3 is 2.69 bits per heavy atom. The van der Waals surface area contributed by atoms with Crippen molar-refractivity contribution in [2.75, 3.05) is 25.5 Å². The number of methoxy groups -OCH3 is 1. The Hall–Kier alpha value is -3.15. The molecule has 1 saturated heterocycles. The fourth-order valence-corrected chi connectivity index (χ4v) is 3.36. The number of nitriles is 1. The molecule has 0 bridgehead atoms. The Kier molecular flexibility index (Phi) is 6.65. The number of aromatic nitrogens is 4. The van der Waals surface area contributed by atoms with Gasteiger partial charge in [-0.05, 0) is 43.6 Å². The lowest BCUT2D eigenvalue weighted by Crippen LogP contribution is -2.18. The third-order valence-electron chi connectivity index (χ3n) is 4.76. The number of benzene rings is 1. The summed E-state index contributed by atoms with van der Waals surface area (Å²) in [6.07, 6.45) is 5.48. The van der Waals surface area contributed by atoms with Crippen LogP contribution in [0.3, 0.4) is 0 Å². The Morgan fingerprint density at radius 1 is 1.17 bits per heavy atom. The van der Waals surface area contributed by atoms with Gasteiger partial charge < -0.3 is 10.1 Å². The number of rotatable bonds is 6. The summed E-state index contributed by atoms with van der Waals surface area (Å²) in [5, 5.41) is 19.2. The number of hydrogen-bond donors (Lipinski definition) is 2. The van der Waals surface area contributed by atoms with Crippen LogP contribution in [-0.4, -0.2) is 45.3 Å². The van der Waals surface area contributed by atoms with Gasteiger partial charge in [-0.3, -0.25) is 10.00 Å². The van der Waals surface area contributed by atoms with E-state index in [2.05, 4.69) is 48.6 Å². The van der Waals surface area contributed by atoms with Crippen molar-refractivity contribution in [1.29, 1.82) is 5.26 Å². The van der Waals surface area contributed by atoms with Gasteiger partial charge in [0, 0.05) is 18.2 Å². The van der Waals surface area contributed by atoms with E-state index in [1.165, 1.54) is 30.8 Å². The molecule has 1 aliphatic heterocycles. The summed E-state index contributed by atoms with van der Waals surface area (Å²) in [7, 11) is 1.68. The van der Waals surface area contributed by atoms with Crippen LogP contribution in [0.1, 0.15) is 24.1 Å². The molecule has 0 atom stereocenters. The smallest absolute Gasteiger partial charge is 0.158 e. The van der Waals surface area contributed by atoms with Crippen molar-refractivity contribution in [1.82, 2.24) is 25.1 Å². The van der Waals surface area contributed by atoms with Crippen LogP contribution in [-0.2, 0) is 6.54 Å². The molecular formula is C20H22ClN7O. The van der Waals surface area contributed by atoms with Crippen molar-refractivity contribution < 1.29 is 4.74 Å². The lowest BCUT2D eigenvalue weighted by atomic mass is 10.1. The molecule has 9 heteroatoms. The first kappa shape index (κ1) is 20.6. The van der Waals surface area contributed by atoms with Gasteiger partial charge >= 0.3 is 0 Å². The highest BCUT2D eigenvalue weighted by Crippen LogP contribution is 2.31. The fraction of sp³-hybridized carbons (Fsp3) is 0.300. The van der Waals surface area contributed by atoms with Crippen LogP contribution < -0.4 is 10.1 Å². The van der Waals surface area contributed by atoms with Gasteiger partial charge in [-0.25, -0.2) is 9.97 Å². The van der Waals surface area contributed by atoms with E-state index < -0.39 is 0 Å². The highest BCUT2D eigenvalue weighted by atomic mass is 35.5. The first-order valence-electron chi connectivity index (χ1n) is 9.19. The molecule has 29 heavy (non-hydrogen) atoms. The summed E-state index contributed by atoms with van der Waals surface area (Å²) in [6, 6.07) is 10.1. The predicted octanol–water partition coefficient (Wildman–Crippen LogP) is 3.51. The SMILES string of the molecule is COc1cc(CN2CCCC2)ccc1-c1cc(Nc2cnc(C#N)cn2)n[nH]1.Cl. The topological polar surface area (TPSA) is 103 Å². The maximum atomic E-state index is 8.79. The average Bonchev–Trinajstić information content (AvgIpc) is 3.41. The highest BCUT2D eigenvalue weighted by molar-refractivity contribution is 5.85. The molecule has 2 N–H and O–H groups in total. The number of ether oxygens (including phenoxy) is 1. The summed E-state index contributed by atoms with van der Waals surface area (Å²) in [5.41, 5.74) is 3.30. The molecule has 3 heterocycles. The van der Waals surface area contributed by atoms with Gasteiger partial charge in [0.05, 0.1) is 25.2 Å². The number of hydrogen-bond acceptors (Lipinski definition) is 7. The quantitative estimate of drug-likeness (QED) is 0.639. The van der Waals surface area contributed by atoms with Gasteiger partial charge in [0.25, 0.3) is 0 Å². The van der Waals surface area contributed by atoms with E-state index in [9.17, 15) is 0 Å². The molecule has 150 valence electrons. The summed E-state index contributed by atoms with van der Waals surface area (Å²) in [5.74, 6) is 1.94. The first-order chi connectivity index (χ1) is 13.7. The van der Waals surface area contributed by atoms with Crippen molar-refractivity contribution in [2.45, 2.75) is 19.4 Å². The number of likely N-dealkylation sites (tertiary alicyclic amines) is 1. The van der Waals surface area contributed by atoms with E-state index in [0.717, 1.165) is 36.6 Å². The minimum absolute atomic E-state index is 0. The number of H-pyrrole nitrogens is 1. The fourth-order valence-electron chi connectivity index (χ4n) is 3.36. The number of halogens is 1. The van der Waals surface area contributed by atoms with Crippen molar-refractivity contribution in [3.8, 4) is 23.1 Å². The molecule has 0 radical (unpaired) electrons. The number of nitrogens with one attached hydrogen (secondary N) is 2. The van der Waals surface area contributed by atoms with Gasteiger partial charge in [-0.2, -0.15) is 10.4 Å². The van der Waals surface area contributed by atoms with Crippen LogP contribution >= 0.6 is 12.4 Å². The molecule has 8 nitrogen and oxygen atoms in total. The van der Waals surface area contributed by atoms with Crippen LogP contribution in [0.5, 0.6) is 5.75 Å². The van der Waals surface area contributed by atoms with Crippen LogP contribution in [0.25, 0.3) is 11.3 Å². The highest BCUT2D eigenvalue weighted by Gasteiger charge is 2.15. The van der Waals surface area contributed by atoms with Crippen LogP contribution in [0.2, 0.25) is 0 Å². The number of nitrogens with zero attached hydrogens (tertiary/aromatic N) is 5. The molecule has 0 amide bonds.